The minimum Gasteiger partial charge on any atom is -0.369 e. The highest BCUT2D eigenvalue weighted by Crippen LogP contribution is 2.38. The van der Waals surface area contributed by atoms with Crippen molar-refractivity contribution < 1.29 is 9.59 Å². The molecule has 1 aliphatic carbocycles. The fourth-order valence-electron chi connectivity index (χ4n) is 3.79. The molecule has 0 radical (unpaired) electrons. The zero-order chi connectivity index (χ0) is 16.7. The van der Waals surface area contributed by atoms with Crippen molar-refractivity contribution in [1.29, 1.82) is 0 Å². The SMILES string of the molecule is NC(=O)C1CCN(C(=O)c2c(-n3cccc3)sc3c2CCC3)CC1. The normalized spacial score (nSPS) is 17.9. The second kappa shape index (κ2) is 6.09. The summed E-state index contributed by atoms with van der Waals surface area (Å²) in [6, 6.07) is 3.97. The average molecular weight is 343 g/mol. The van der Waals surface area contributed by atoms with Crippen LogP contribution in [-0.2, 0) is 17.6 Å². The Hall–Kier alpha value is -2.08. The number of nitrogens with zero attached hydrogens (tertiary/aromatic N) is 2. The van der Waals surface area contributed by atoms with Crippen LogP contribution >= 0.6 is 11.3 Å². The summed E-state index contributed by atoms with van der Waals surface area (Å²) in [6.07, 6.45) is 8.54. The number of hydrogen-bond donors (Lipinski definition) is 1. The number of carbonyl (C=O) groups is 2. The molecular formula is C18H21N3O2S. The van der Waals surface area contributed by atoms with Gasteiger partial charge in [-0.25, -0.2) is 0 Å². The van der Waals surface area contributed by atoms with Crippen LogP contribution in [0.1, 0.15) is 40.1 Å². The number of thiophene rings is 1. The van der Waals surface area contributed by atoms with Gasteiger partial charge >= 0.3 is 0 Å². The lowest BCUT2D eigenvalue weighted by molar-refractivity contribution is -0.123. The van der Waals surface area contributed by atoms with Crippen molar-refractivity contribution in [2.24, 2.45) is 11.7 Å². The molecule has 2 aromatic heterocycles. The van der Waals surface area contributed by atoms with Crippen molar-refractivity contribution >= 4 is 23.2 Å². The number of aryl methyl sites for hydroxylation is 1. The molecule has 2 aromatic rings. The molecule has 1 aliphatic heterocycles. The molecule has 24 heavy (non-hydrogen) atoms. The first-order chi connectivity index (χ1) is 11.6. The van der Waals surface area contributed by atoms with E-state index in [9.17, 15) is 9.59 Å². The Labute approximate surface area is 145 Å². The van der Waals surface area contributed by atoms with Crippen LogP contribution in [0.3, 0.4) is 0 Å². The number of rotatable bonds is 3. The molecule has 0 aromatic carbocycles. The molecule has 0 bridgehead atoms. The highest BCUT2D eigenvalue weighted by Gasteiger charge is 2.32. The maximum absolute atomic E-state index is 13.2. The number of amides is 2. The molecule has 3 heterocycles. The predicted molar refractivity (Wildman–Crippen MR) is 93.5 cm³/mol. The van der Waals surface area contributed by atoms with E-state index in [0.29, 0.717) is 25.9 Å². The quantitative estimate of drug-likeness (QED) is 0.929. The van der Waals surface area contributed by atoms with Crippen LogP contribution in [-0.4, -0.2) is 34.4 Å². The number of fused-ring (bicyclic) bond motifs is 1. The van der Waals surface area contributed by atoms with E-state index in [1.807, 2.05) is 34.0 Å². The summed E-state index contributed by atoms with van der Waals surface area (Å²) in [7, 11) is 0. The van der Waals surface area contributed by atoms with Crippen LogP contribution in [0.5, 0.6) is 0 Å². The Bertz CT molecular complexity index is 771. The lowest BCUT2D eigenvalue weighted by atomic mass is 9.95. The molecule has 5 nitrogen and oxygen atoms in total. The van der Waals surface area contributed by atoms with E-state index in [1.54, 1.807) is 11.3 Å². The molecule has 0 unspecified atom stereocenters. The average Bonchev–Trinajstić information content (AvgIpc) is 3.30. The Balaban J connectivity index is 1.64. The summed E-state index contributed by atoms with van der Waals surface area (Å²) in [5.74, 6) is -0.223. The van der Waals surface area contributed by atoms with Gasteiger partial charge in [0.1, 0.15) is 5.00 Å². The summed E-state index contributed by atoms with van der Waals surface area (Å²) in [6.45, 7) is 1.23. The molecular weight excluding hydrogens is 322 g/mol. The van der Waals surface area contributed by atoms with Crippen molar-refractivity contribution in [3.63, 3.8) is 0 Å². The Morgan fingerprint density at radius 2 is 1.83 bits per heavy atom. The van der Waals surface area contributed by atoms with Crippen LogP contribution in [0.15, 0.2) is 24.5 Å². The largest absolute Gasteiger partial charge is 0.369 e. The van der Waals surface area contributed by atoms with Gasteiger partial charge in [0.2, 0.25) is 5.91 Å². The first kappa shape index (κ1) is 15.4. The first-order valence-electron chi connectivity index (χ1n) is 8.51. The van der Waals surface area contributed by atoms with E-state index in [-0.39, 0.29) is 17.7 Å². The van der Waals surface area contributed by atoms with Crippen LogP contribution in [0, 0.1) is 5.92 Å². The van der Waals surface area contributed by atoms with Gasteiger partial charge in [-0.05, 0) is 49.8 Å². The number of primary amides is 1. The van der Waals surface area contributed by atoms with Gasteiger partial charge in [0, 0.05) is 36.3 Å². The molecule has 0 spiro atoms. The summed E-state index contributed by atoms with van der Waals surface area (Å²) in [5.41, 5.74) is 7.52. The second-order valence-electron chi connectivity index (χ2n) is 6.60. The van der Waals surface area contributed by atoms with Gasteiger partial charge in [-0.3, -0.25) is 9.59 Å². The third kappa shape index (κ3) is 2.55. The Morgan fingerprint density at radius 1 is 1.12 bits per heavy atom. The number of aromatic nitrogens is 1. The van der Waals surface area contributed by atoms with E-state index in [4.69, 9.17) is 5.73 Å². The maximum atomic E-state index is 13.2. The highest BCUT2D eigenvalue weighted by atomic mass is 32.1. The van der Waals surface area contributed by atoms with Crippen molar-refractivity contribution in [1.82, 2.24) is 9.47 Å². The maximum Gasteiger partial charge on any atom is 0.257 e. The zero-order valence-electron chi connectivity index (χ0n) is 13.5. The van der Waals surface area contributed by atoms with Gasteiger partial charge in [0.05, 0.1) is 5.56 Å². The number of hydrogen-bond acceptors (Lipinski definition) is 3. The Kier molecular flexibility index (Phi) is 3.92. The number of piperidine rings is 1. The monoisotopic (exact) mass is 343 g/mol. The molecule has 2 amide bonds. The van der Waals surface area contributed by atoms with E-state index in [1.165, 1.54) is 10.4 Å². The molecule has 1 saturated heterocycles. The lowest BCUT2D eigenvalue weighted by Crippen LogP contribution is -2.42. The first-order valence-corrected chi connectivity index (χ1v) is 9.33. The van der Waals surface area contributed by atoms with Crippen LogP contribution in [0.2, 0.25) is 0 Å². The van der Waals surface area contributed by atoms with Gasteiger partial charge in [0.15, 0.2) is 0 Å². The lowest BCUT2D eigenvalue weighted by Gasteiger charge is -2.31. The predicted octanol–water partition coefficient (Wildman–Crippen LogP) is 2.37. The molecule has 2 aliphatic rings. The van der Waals surface area contributed by atoms with Gasteiger partial charge in [-0.2, -0.15) is 0 Å². The summed E-state index contributed by atoms with van der Waals surface area (Å²) < 4.78 is 2.05. The molecule has 4 rings (SSSR count). The minimum atomic E-state index is -0.244. The highest BCUT2D eigenvalue weighted by molar-refractivity contribution is 7.15. The summed E-state index contributed by atoms with van der Waals surface area (Å²) >= 11 is 1.75. The number of nitrogens with two attached hydrogens (primary N) is 1. The number of likely N-dealkylation sites (tertiary alicyclic amines) is 1. The van der Waals surface area contributed by atoms with Crippen LogP contribution in [0.25, 0.3) is 5.00 Å². The van der Waals surface area contributed by atoms with E-state index in [0.717, 1.165) is 29.8 Å². The molecule has 1 fully saturated rings. The standard InChI is InChI=1S/C18H21N3O2S/c19-16(22)12-6-10-20(11-7-12)17(23)15-13-4-3-5-14(13)24-18(15)21-8-1-2-9-21/h1-2,8-9,12H,3-7,10-11H2,(H2,19,22). The summed E-state index contributed by atoms with van der Waals surface area (Å²) in [4.78, 5) is 27.8. The van der Waals surface area contributed by atoms with Crippen molar-refractivity contribution in [3.8, 4) is 5.00 Å². The molecule has 2 N–H and O–H groups in total. The van der Waals surface area contributed by atoms with Crippen LogP contribution < -0.4 is 5.73 Å². The van der Waals surface area contributed by atoms with Gasteiger partial charge < -0.3 is 15.2 Å². The second-order valence-corrected chi connectivity index (χ2v) is 7.68. The van der Waals surface area contributed by atoms with E-state index < -0.39 is 0 Å². The third-order valence-electron chi connectivity index (χ3n) is 5.14. The van der Waals surface area contributed by atoms with Gasteiger partial charge in [-0.15, -0.1) is 11.3 Å². The molecule has 6 heteroatoms. The van der Waals surface area contributed by atoms with Gasteiger partial charge in [-0.1, -0.05) is 0 Å². The zero-order valence-corrected chi connectivity index (χ0v) is 14.3. The minimum absolute atomic E-state index is 0.0915. The molecule has 0 saturated carbocycles. The fraction of sp³-hybridized carbons (Fsp3) is 0.444. The molecule has 126 valence electrons. The van der Waals surface area contributed by atoms with Crippen LogP contribution in [0.4, 0.5) is 0 Å². The smallest absolute Gasteiger partial charge is 0.257 e. The van der Waals surface area contributed by atoms with Crippen molar-refractivity contribution in [2.45, 2.75) is 32.1 Å². The van der Waals surface area contributed by atoms with Crippen molar-refractivity contribution in [3.05, 3.63) is 40.5 Å². The van der Waals surface area contributed by atoms with Crippen molar-refractivity contribution in [2.75, 3.05) is 13.1 Å². The third-order valence-corrected chi connectivity index (χ3v) is 6.45. The van der Waals surface area contributed by atoms with Gasteiger partial charge in [0.25, 0.3) is 5.91 Å². The topological polar surface area (TPSA) is 68.3 Å². The Morgan fingerprint density at radius 3 is 2.50 bits per heavy atom. The number of carbonyl (C=O) groups excluding carboxylic acids is 2. The summed E-state index contributed by atoms with van der Waals surface area (Å²) in [5, 5.41) is 1.03. The fourth-order valence-corrected chi connectivity index (χ4v) is 5.13. The van der Waals surface area contributed by atoms with E-state index >= 15 is 0 Å². The van der Waals surface area contributed by atoms with E-state index in [2.05, 4.69) is 0 Å². The molecule has 0 atom stereocenters.